The third-order valence-corrected chi connectivity index (χ3v) is 7.29. The number of imidazole rings is 1. The van der Waals surface area contributed by atoms with Crippen LogP contribution < -0.4 is 5.32 Å². The van der Waals surface area contributed by atoms with Gasteiger partial charge in [0.05, 0.1) is 0 Å². The second-order valence-corrected chi connectivity index (χ2v) is 10.5. The van der Waals surface area contributed by atoms with Crippen LogP contribution in [0.15, 0.2) is 85.1 Å². The highest BCUT2D eigenvalue weighted by atomic mass is 16.3. The summed E-state index contributed by atoms with van der Waals surface area (Å²) in [4.78, 5) is 30.1. The van der Waals surface area contributed by atoms with E-state index in [1.807, 2.05) is 59.2 Å². The molecule has 0 radical (unpaired) electrons. The molecule has 0 saturated heterocycles. The molecule has 3 aromatic carbocycles. The minimum atomic E-state index is -0.557. The number of unbranched alkanes of at least 4 members (excludes halogenated alkanes) is 1. The van der Waals surface area contributed by atoms with E-state index in [-0.39, 0.29) is 18.1 Å². The summed E-state index contributed by atoms with van der Waals surface area (Å²) in [6, 6.07) is 25.4. The summed E-state index contributed by atoms with van der Waals surface area (Å²) in [5.74, 6) is 0.719. The van der Waals surface area contributed by atoms with Crippen LogP contribution in [-0.2, 0) is 24.2 Å². The van der Waals surface area contributed by atoms with Crippen LogP contribution in [0.2, 0.25) is 0 Å². The Morgan fingerprint density at radius 3 is 2.40 bits per heavy atom. The average Bonchev–Trinajstić information content (AvgIpc) is 3.72. The van der Waals surface area contributed by atoms with Gasteiger partial charge in [-0.2, -0.15) is 5.21 Å². The van der Waals surface area contributed by atoms with Gasteiger partial charge in [0.2, 0.25) is 5.82 Å². The van der Waals surface area contributed by atoms with Gasteiger partial charge in [-0.25, -0.2) is 4.98 Å². The molecule has 2 heterocycles. The number of aliphatic hydroxyl groups excluding tert-OH is 1. The molecule has 0 fully saturated rings. The molecule has 5 rings (SSSR count). The SMILES string of the molecule is CCCCc1nc(C(=O)N[C@@H](CC(=O)CO)Cc2ccccc2)cn1Cc1ccc(-c2ccccc2-c2nn[nH]n2)cc1. The van der Waals surface area contributed by atoms with E-state index in [2.05, 4.69) is 57.1 Å². The van der Waals surface area contributed by atoms with Gasteiger partial charge < -0.3 is 15.0 Å². The predicted octanol–water partition coefficient (Wildman–Crippen LogP) is 4.41. The van der Waals surface area contributed by atoms with E-state index in [0.717, 1.165) is 52.9 Å². The lowest BCUT2D eigenvalue weighted by Gasteiger charge is -2.17. The highest BCUT2D eigenvalue weighted by Crippen LogP contribution is 2.30. The molecule has 0 aliphatic carbocycles. The molecule has 2 aromatic heterocycles. The predicted molar refractivity (Wildman–Crippen MR) is 163 cm³/mol. The van der Waals surface area contributed by atoms with Gasteiger partial charge >= 0.3 is 0 Å². The zero-order valence-electron chi connectivity index (χ0n) is 24.1. The van der Waals surface area contributed by atoms with E-state index in [0.29, 0.717) is 24.5 Å². The lowest BCUT2D eigenvalue weighted by molar-refractivity contribution is -0.122. The fourth-order valence-corrected chi connectivity index (χ4v) is 5.10. The summed E-state index contributed by atoms with van der Waals surface area (Å²) in [6.45, 7) is 2.12. The fraction of sp³-hybridized carbons (Fsp3) is 0.273. The number of nitrogens with one attached hydrogen (secondary N) is 2. The number of nitrogens with zero attached hydrogens (tertiary/aromatic N) is 5. The Labute approximate surface area is 250 Å². The molecule has 0 spiro atoms. The van der Waals surface area contributed by atoms with E-state index in [1.54, 1.807) is 6.20 Å². The van der Waals surface area contributed by atoms with Gasteiger partial charge in [-0.1, -0.05) is 92.2 Å². The van der Waals surface area contributed by atoms with Gasteiger partial charge in [-0.15, -0.1) is 10.2 Å². The Hall–Kier alpha value is -4.96. The highest BCUT2D eigenvalue weighted by Gasteiger charge is 2.21. The summed E-state index contributed by atoms with van der Waals surface area (Å²) in [7, 11) is 0. The Kier molecular flexibility index (Phi) is 9.81. The zero-order valence-corrected chi connectivity index (χ0v) is 24.1. The minimum Gasteiger partial charge on any atom is -0.389 e. The molecule has 1 atom stereocenters. The molecule has 220 valence electrons. The molecular formula is C33H35N7O3. The zero-order chi connectivity index (χ0) is 30.0. The van der Waals surface area contributed by atoms with Gasteiger partial charge in [0, 0.05) is 37.2 Å². The third kappa shape index (κ3) is 7.66. The summed E-state index contributed by atoms with van der Waals surface area (Å²) >= 11 is 0. The van der Waals surface area contributed by atoms with Gasteiger partial charge in [-0.3, -0.25) is 9.59 Å². The van der Waals surface area contributed by atoms with Crippen molar-refractivity contribution in [3.05, 3.63) is 108 Å². The highest BCUT2D eigenvalue weighted by molar-refractivity contribution is 5.93. The third-order valence-electron chi connectivity index (χ3n) is 7.29. The van der Waals surface area contributed by atoms with E-state index >= 15 is 0 Å². The molecule has 10 nitrogen and oxygen atoms in total. The Morgan fingerprint density at radius 2 is 1.70 bits per heavy atom. The summed E-state index contributed by atoms with van der Waals surface area (Å²) in [5, 5.41) is 26.8. The monoisotopic (exact) mass is 577 g/mol. The van der Waals surface area contributed by atoms with Crippen molar-refractivity contribution < 1.29 is 14.7 Å². The topological polar surface area (TPSA) is 139 Å². The molecule has 0 saturated carbocycles. The van der Waals surface area contributed by atoms with Gasteiger partial charge in [0.25, 0.3) is 5.91 Å². The molecular weight excluding hydrogens is 542 g/mol. The summed E-state index contributed by atoms with van der Waals surface area (Å²) in [5.41, 5.74) is 5.30. The second kappa shape index (κ2) is 14.3. The maximum atomic E-state index is 13.4. The van der Waals surface area contributed by atoms with Crippen molar-refractivity contribution in [3.8, 4) is 22.5 Å². The van der Waals surface area contributed by atoms with Crippen LogP contribution in [-0.4, -0.2) is 59.6 Å². The van der Waals surface area contributed by atoms with Crippen LogP contribution in [0.4, 0.5) is 0 Å². The summed E-state index contributed by atoms with van der Waals surface area (Å²) in [6.07, 6.45) is 5.01. The number of amides is 1. The lowest BCUT2D eigenvalue weighted by atomic mass is 9.98. The van der Waals surface area contributed by atoms with Crippen molar-refractivity contribution in [2.24, 2.45) is 0 Å². The Morgan fingerprint density at radius 1 is 0.953 bits per heavy atom. The first-order chi connectivity index (χ1) is 21.0. The van der Waals surface area contributed by atoms with Crippen molar-refractivity contribution in [3.63, 3.8) is 0 Å². The number of aromatic amines is 1. The Bertz CT molecular complexity index is 1630. The van der Waals surface area contributed by atoms with E-state index in [1.165, 1.54) is 0 Å². The number of carbonyl (C=O) groups is 2. The van der Waals surface area contributed by atoms with Crippen molar-refractivity contribution >= 4 is 11.7 Å². The molecule has 0 bridgehead atoms. The van der Waals surface area contributed by atoms with Gasteiger partial charge in [0.15, 0.2) is 5.78 Å². The van der Waals surface area contributed by atoms with Gasteiger partial charge in [-0.05, 0) is 40.3 Å². The Balaban J connectivity index is 1.34. The number of benzene rings is 3. The number of aromatic nitrogens is 6. The van der Waals surface area contributed by atoms with Crippen LogP contribution >= 0.6 is 0 Å². The molecule has 43 heavy (non-hydrogen) atoms. The molecule has 3 N–H and O–H groups in total. The molecule has 10 heteroatoms. The van der Waals surface area contributed by atoms with E-state index in [9.17, 15) is 14.7 Å². The number of H-pyrrole nitrogens is 1. The van der Waals surface area contributed by atoms with Crippen LogP contribution in [0.5, 0.6) is 0 Å². The van der Waals surface area contributed by atoms with Crippen molar-refractivity contribution in [2.75, 3.05) is 6.61 Å². The fourth-order valence-electron chi connectivity index (χ4n) is 5.10. The minimum absolute atomic E-state index is 0.0444. The van der Waals surface area contributed by atoms with Crippen LogP contribution in [0.3, 0.4) is 0 Å². The summed E-state index contributed by atoms with van der Waals surface area (Å²) < 4.78 is 2.03. The number of hydrogen-bond acceptors (Lipinski definition) is 7. The first kappa shape index (κ1) is 29.5. The lowest BCUT2D eigenvalue weighted by Crippen LogP contribution is -2.38. The van der Waals surface area contributed by atoms with E-state index < -0.39 is 12.6 Å². The largest absolute Gasteiger partial charge is 0.389 e. The smallest absolute Gasteiger partial charge is 0.271 e. The number of hydrogen-bond donors (Lipinski definition) is 3. The number of rotatable bonds is 14. The molecule has 1 amide bonds. The quantitative estimate of drug-likeness (QED) is 0.178. The normalized spacial score (nSPS) is 11.8. The van der Waals surface area contributed by atoms with Crippen molar-refractivity contribution in [1.29, 1.82) is 0 Å². The first-order valence-electron chi connectivity index (χ1n) is 14.5. The number of aliphatic hydroxyl groups is 1. The molecule has 0 aliphatic heterocycles. The molecule has 0 unspecified atom stereocenters. The standard InChI is InChI=1S/C33H35N7O3/c1-2-3-13-31-35-30(33(43)34-26(19-27(42)22-41)18-23-9-5-4-6-10-23)21-40(31)20-24-14-16-25(17-15-24)28-11-7-8-12-29(28)32-36-38-39-37-32/h4-12,14-17,21,26,41H,2-3,13,18-20,22H2,1H3,(H,34,43)(H,36,37,38,39)/t26-/m1/s1. The van der Waals surface area contributed by atoms with Gasteiger partial charge in [0.1, 0.15) is 18.1 Å². The maximum Gasteiger partial charge on any atom is 0.271 e. The number of carbonyl (C=O) groups excluding carboxylic acids is 2. The number of tetrazole rings is 1. The average molecular weight is 578 g/mol. The van der Waals surface area contributed by atoms with Crippen molar-refractivity contribution in [2.45, 2.75) is 51.6 Å². The van der Waals surface area contributed by atoms with E-state index in [4.69, 9.17) is 4.98 Å². The van der Waals surface area contributed by atoms with Crippen LogP contribution in [0.25, 0.3) is 22.5 Å². The number of Topliss-reactive ketones (excluding diaryl/α,β-unsaturated/α-hetero) is 1. The first-order valence-corrected chi connectivity index (χ1v) is 14.5. The van der Waals surface area contributed by atoms with Crippen LogP contribution in [0.1, 0.15) is 53.6 Å². The maximum absolute atomic E-state index is 13.4. The molecule has 5 aromatic rings. The van der Waals surface area contributed by atoms with Crippen molar-refractivity contribution in [1.82, 2.24) is 35.5 Å². The number of ketones is 1. The molecule has 0 aliphatic rings. The second-order valence-electron chi connectivity index (χ2n) is 10.5. The number of aryl methyl sites for hydroxylation is 1. The van der Waals surface area contributed by atoms with Crippen LogP contribution in [0, 0.1) is 0 Å².